The molecule has 22 heavy (non-hydrogen) atoms. The van der Waals surface area contributed by atoms with Crippen LogP contribution in [0.15, 0.2) is 24.3 Å². The van der Waals surface area contributed by atoms with Gasteiger partial charge in [0.05, 0.1) is 12.5 Å². The van der Waals surface area contributed by atoms with Gasteiger partial charge in [0.15, 0.2) is 0 Å². The number of hydrogen-bond acceptors (Lipinski definition) is 4. The van der Waals surface area contributed by atoms with Gasteiger partial charge >= 0.3 is 5.97 Å². The molecule has 2 N–H and O–H groups in total. The summed E-state index contributed by atoms with van der Waals surface area (Å²) < 4.78 is 0. The highest BCUT2D eigenvalue weighted by Gasteiger charge is 2.28. The normalized spacial score (nSPS) is 22.2. The molecule has 1 amide bonds. The maximum atomic E-state index is 12.6. The zero-order valence-electron chi connectivity index (χ0n) is 12.5. The van der Waals surface area contributed by atoms with Crippen LogP contribution in [0, 0.1) is 5.92 Å². The second-order valence-corrected chi connectivity index (χ2v) is 5.90. The predicted octanol–water partition coefficient (Wildman–Crippen LogP) is 0.182. The van der Waals surface area contributed by atoms with Crippen LogP contribution < -0.4 is 10.2 Å². The van der Waals surface area contributed by atoms with Crippen LogP contribution in [0.4, 0.5) is 5.69 Å². The molecule has 0 bridgehead atoms. The van der Waals surface area contributed by atoms with Gasteiger partial charge in [-0.25, -0.2) is 0 Å². The molecular formula is C16H21N3O3. The molecule has 1 saturated heterocycles. The highest BCUT2D eigenvalue weighted by Crippen LogP contribution is 2.27. The summed E-state index contributed by atoms with van der Waals surface area (Å²) in [6, 6.07) is 7.97. The first-order valence-corrected chi connectivity index (χ1v) is 7.69. The molecule has 118 valence electrons. The second-order valence-electron chi connectivity index (χ2n) is 5.90. The molecule has 0 spiro atoms. The van der Waals surface area contributed by atoms with Gasteiger partial charge < -0.3 is 15.3 Å². The summed E-state index contributed by atoms with van der Waals surface area (Å²) in [6.45, 7) is 3.29. The molecular weight excluding hydrogens is 282 g/mol. The van der Waals surface area contributed by atoms with Crippen molar-refractivity contribution in [3.63, 3.8) is 0 Å². The highest BCUT2D eigenvalue weighted by atomic mass is 16.4. The zero-order chi connectivity index (χ0) is 15.5. The van der Waals surface area contributed by atoms with Crippen LogP contribution in [0.1, 0.15) is 5.56 Å². The van der Waals surface area contributed by atoms with Crippen molar-refractivity contribution in [2.45, 2.75) is 6.42 Å². The number of rotatable bonds is 3. The number of nitrogens with zero attached hydrogens (tertiary/aromatic N) is 2. The molecule has 6 heteroatoms. The Morgan fingerprint density at radius 1 is 1.27 bits per heavy atom. The lowest BCUT2D eigenvalue weighted by atomic mass is 10.1. The molecule has 2 aliphatic heterocycles. The van der Waals surface area contributed by atoms with Crippen LogP contribution in [0.2, 0.25) is 0 Å². The van der Waals surface area contributed by atoms with E-state index in [1.165, 1.54) is 5.56 Å². The average molecular weight is 303 g/mol. The van der Waals surface area contributed by atoms with E-state index in [2.05, 4.69) is 11.4 Å². The highest BCUT2D eigenvalue weighted by molar-refractivity contribution is 5.96. The fraction of sp³-hybridized carbons (Fsp3) is 0.500. The summed E-state index contributed by atoms with van der Waals surface area (Å²) in [6.07, 6.45) is 0.890. The number of carboxylic acid groups (broad SMARTS) is 1. The van der Waals surface area contributed by atoms with Gasteiger partial charge in [-0.05, 0) is 18.1 Å². The Morgan fingerprint density at radius 3 is 2.91 bits per heavy atom. The van der Waals surface area contributed by atoms with Crippen molar-refractivity contribution < 1.29 is 14.7 Å². The monoisotopic (exact) mass is 303 g/mol. The van der Waals surface area contributed by atoms with E-state index in [-0.39, 0.29) is 12.5 Å². The fourth-order valence-corrected chi connectivity index (χ4v) is 3.16. The molecule has 0 aliphatic carbocycles. The van der Waals surface area contributed by atoms with Gasteiger partial charge in [0.1, 0.15) is 0 Å². The van der Waals surface area contributed by atoms with Crippen LogP contribution in [-0.2, 0) is 16.0 Å². The predicted molar refractivity (Wildman–Crippen MR) is 82.9 cm³/mol. The van der Waals surface area contributed by atoms with Crippen molar-refractivity contribution in [2.75, 3.05) is 44.2 Å². The smallest absolute Gasteiger partial charge is 0.309 e. The Labute approximate surface area is 129 Å². The number of aliphatic carboxylic acids is 1. The van der Waals surface area contributed by atoms with Crippen LogP contribution in [0.3, 0.4) is 0 Å². The summed E-state index contributed by atoms with van der Waals surface area (Å²) >= 11 is 0. The van der Waals surface area contributed by atoms with Crippen molar-refractivity contribution >= 4 is 17.6 Å². The molecule has 0 unspecified atom stereocenters. The third kappa shape index (κ3) is 3.13. The Bertz CT molecular complexity index is 576. The minimum atomic E-state index is -0.807. The van der Waals surface area contributed by atoms with Crippen LogP contribution in [-0.4, -0.2) is 61.2 Å². The molecule has 1 aromatic carbocycles. The van der Waals surface area contributed by atoms with Gasteiger partial charge in [0.25, 0.3) is 0 Å². The topological polar surface area (TPSA) is 72.9 Å². The minimum absolute atomic E-state index is 0.0518. The van der Waals surface area contributed by atoms with Crippen molar-refractivity contribution in [2.24, 2.45) is 5.92 Å². The molecule has 2 aliphatic rings. The first-order chi connectivity index (χ1) is 10.6. The van der Waals surface area contributed by atoms with E-state index in [0.717, 1.165) is 12.1 Å². The lowest BCUT2D eigenvalue weighted by molar-refractivity contribution is -0.142. The number of amides is 1. The molecule has 2 heterocycles. The number of hydrogen-bond donors (Lipinski definition) is 2. The average Bonchev–Trinajstić information content (AvgIpc) is 2.80. The maximum absolute atomic E-state index is 12.6. The SMILES string of the molecule is O=C(O)[C@H]1CNCCN(CC(=O)N2CCc3ccccc32)C1. The number of anilines is 1. The van der Waals surface area contributed by atoms with E-state index < -0.39 is 11.9 Å². The molecule has 1 aromatic rings. The summed E-state index contributed by atoms with van der Waals surface area (Å²) in [7, 11) is 0. The Kier molecular flexibility index (Phi) is 4.40. The largest absolute Gasteiger partial charge is 0.481 e. The van der Waals surface area contributed by atoms with E-state index in [0.29, 0.717) is 32.7 Å². The maximum Gasteiger partial charge on any atom is 0.309 e. The number of carboxylic acids is 1. The summed E-state index contributed by atoms with van der Waals surface area (Å²) in [5, 5.41) is 12.3. The summed E-state index contributed by atoms with van der Waals surface area (Å²) in [5.74, 6) is -1.21. The standard InChI is InChI=1S/C16H21N3O3/c20-15(19-7-5-12-3-1-2-4-14(12)19)11-18-8-6-17-9-13(10-18)16(21)22/h1-4,13,17H,5-11H2,(H,21,22)/t13-/m0/s1. The van der Waals surface area contributed by atoms with Crippen LogP contribution >= 0.6 is 0 Å². The summed E-state index contributed by atoms with van der Waals surface area (Å²) in [4.78, 5) is 27.5. The number of para-hydroxylation sites is 1. The van der Waals surface area contributed by atoms with Gasteiger partial charge in [-0.2, -0.15) is 0 Å². The van der Waals surface area contributed by atoms with Gasteiger partial charge in [-0.15, -0.1) is 0 Å². The molecule has 0 saturated carbocycles. The second kappa shape index (κ2) is 6.46. The fourth-order valence-electron chi connectivity index (χ4n) is 3.16. The first kappa shape index (κ1) is 15.0. The molecule has 1 fully saturated rings. The van der Waals surface area contributed by atoms with Crippen molar-refractivity contribution in [1.82, 2.24) is 10.2 Å². The van der Waals surface area contributed by atoms with E-state index in [1.54, 1.807) is 0 Å². The van der Waals surface area contributed by atoms with E-state index in [4.69, 9.17) is 0 Å². The van der Waals surface area contributed by atoms with Gasteiger partial charge in [-0.3, -0.25) is 14.5 Å². The molecule has 6 nitrogen and oxygen atoms in total. The van der Waals surface area contributed by atoms with Crippen molar-refractivity contribution in [3.8, 4) is 0 Å². The van der Waals surface area contributed by atoms with Crippen molar-refractivity contribution in [1.29, 1.82) is 0 Å². The van der Waals surface area contributed by atoms with E-state index in [9.17, 15) is 14.7 Å². The number of fused-ring (bicyclic) bond motifs is 1. The zero-order valence-corrected chi connectivity index (χ0v) is 12.5. The van der Waals surface area contributed by atoms with E-state index in [1.807, 2.05) is 28.0 Å². The summed E-state index contributed by atoms with van der Waals surface area (Å²) in [5.41, 5.74) is 2.20. The van der Waals surface area contributed by atoms with Crippen LogP contribution in [0.25, 0.3) is 0 Å². The van der Waals surface area contributed by atoms with Crippen molar-refractivity contribution in [3.05, 3.63) is 29.8 Å². The lowest BCUT2D eigenvalue weighted by Crippen LogP contribution is -2.42. The van der Waals surface area contributed by atoms with E-state index >= 15 is 0 Å². The lowest BCUT2D eigenvalue weighted by Gasteiger charge is -2.25. The van der Waals surface area contributed by atoms with Gasteiger partial charge in [0.2, 0.25) is 5.91 Å². The number of benzene rings is 1. The molecule has 0 aromatic heterocycles. The molecule has 3 rings (SSSR count). The third-order valence-electron chi connectivity index (χ3n) is 4.37. The minimum Gasteiger partial charge on any atom is -0.481 e. The molecule has 0 radical (unpaired) electrons. The Morgan fingerprint density at radius 2 is 2.09 bits per heavy atom. The van der Waals surface area contributed by atoms with Gasteiger partial charge in [0, 0.05) is 38.4 Å². The van der Waals surface area contributed by atoms with Gasteiger partial charge in [-0.1, -0.05) is 18.2 Å². The molecule has 1 atom stereocenters. The third-order valence-corrected chi connectivity index (χ3v) is 4.37. The Balaban J connectivity index is 1.65. The first-order valence-electron chi connectivity index (χ1n) is 7.69. The number of carbonyl (C=O) groups excluding carboxylic acids is 1. The Hall–Kier alpha value is -1.92. The number of nitrogens with one attached hydrogen (secondary N) is 1. The van der Waals surface area contributed by atoms with Crippen LogP contribution in [0.5, 0.6) is 0 Å². The number of carbonyl (C=O) groups is 2. The quantitative estimate of drug-likeness (QED) is 0.833.